The Hall–Kier alpha value is -3.24. The van der Waals surface area contributed by atoms with Gasteiger partial charge in [0, 0.05) is 25.7 Å². The normalized spacial score (nSPS) is 14.1. The highest BCUT2D eigenvalue weighted by atomic mass is 31.2. The van der Waals surface area contributed by atoms with E-state index in [0.29, 0.717) is 32.1 Å². The van der Waals surface area contributed by atoms with E-state index in [9.17, 15) is 43.2 Å². The van der Waals surface area contributed by atoms with Gasteiger partial charge in [-0.05, 0) is 89.9 Å². The highest BCUT2D eigenvalue weighted by Crippen LogP contribution is 2.45. The summed E-state index contributed by atoms with van der Waals surface area (Å²) in [5.74, 6) is -2.21. The third kappa shape index (κ3) is 76.9. The van der Waals surface area contributed by atoms with Gasteiger partial charge in [0.25, 0.3) is 0 Å². The average molecular weight is 1510 g/mol. The molecule has 2 unspecified atom stereocenters. The molecule has 0 spiro atoms. The fourth-order valence-electron chi connectivity index (χ4n) is 12.0. The number of aliphatic hydroxyl groups excluding tert-OH is 1. The second kappa shape index (κ2) is 77.9. The molecule has 3 N–H and O–H groups in total. The van der Waals surface area contributed by atoms with Crippen molar-refractivity contribution in [3.8, 4) is 0 Å². The molecule has 0 aliphatic heterocycles. The van der Waals surface area contributed by atoms with E-state index >= 15 is 0 Å². The molecular weight excluding hydrogens is 1350 g/mol. The van der Waals surface area contributed by atoms with E-state index in [-0.39, 0.29) is 25.7 Å². The number of esters is 4. The molecule has 5 atom stereocenters. The van der Waals surface area contributed by atoms with Crippen LogP contribution >= 0.6 is 15.6 Å². The van der Waals surface area contributed by atoms with Gasteiger partial charge >= 0.3 is 39.5 Å². The lowest BCUT2D eigenvalue weighted by Gasteiger charge is -2.21. The summed E-state index contributed by atoms with van der Waals surface area (Å²) in [6.45, 7) is 4.88. The van der Waals surface area contributed by atoms with Crippen LogP contribution in [0, 0.1) is 0 Å². The van der Waals surface area contributed by atoms with E-state index in [1.807, 2.05) is 12.2 Å². The Morgan fingerprint density at radius 2 is 0.481 bits per heavy atom. The average Bonchev–Trinajstić information content (AvgIpc) is 0.926. The SMILES string of the molecule is CCCCC/C=C\C/C=C\C/C=C\C/C=C\CCCC(=O)OC[C@H](COP(=O)(O)OC[C@H](O)COP(=O)(O)OC[C@@H](COC(=O)CCCCCCCCCCCCCCCCC)OC(=O)CCCCCCC/C=C\CCCCCCCC)OC(=O)CCCCCCCCCCCCCCCCCCC. The number of hydrogen-bond acceptors (Lipinski definition) is 15. The summed E-state index contributed by atoms with van der Waals surface area (Å²) < 4.78 is 68.7. The van der Waals surface area contributed by atoms with Crippen LogP contribution in [-0.2, 0) is 65.4 Å². The summed E-state index contributed by atoms with van der Waals surface area (Å²) in [5, 5.41) is 10.7. The molecule has 0 bridgehead atoms. The van der Waals surface area contributed by atoms with Crippen molar-refractivity contribution in [2.24, 2.45) is 0 Å². The summed E-state index contributed by atoms with van der Waals surface area (Å²) in [6, 6.07) is 0. The fraction of sp³-hybridized carbons (Fsp3) is 0.835. The van der Waals surface area contributed by atoms with Crippen molar-refractivity contribution in [2.75, 3.05) is 39.6 Å². The predicted octanol–water partition coefficient (Wildman–Crippen LogP) is 25.0. The van der Waals surface area contributed by atoms with Gasteiger partial charge in [-0.25, -0.2) is 9.13 Å². The number of phosphoric acid groups is 2. The molecule has 0 heterocycles. The molecule has 17 nitrogen and oxygen atoms in total. The van der Waals surface area contributed by atoms with Gasteiger partial charge in [0.15, 0.2) is 12.2 Å². The molecule has 0 fully saturated rings. The van der Waals surface area contributed by atoms with Crippen LogP contribution in [-0.4, -0.2) is 96.7 Å². The van der Waals surface area contributed by atoms with Crippen molar-refractivity contribution in [1.29, 1.82) is 0 Å². The zero-order valence-electron chi connectivity index (χ0n) is 66.7. The molecule has 0 aromatic heterocycles. The zero-order valence-corrected chi connectivity index (χ0v) is 68.5. The lowest BCUT2D eigenvalue weighted by Crippen LogP contribution is -2.30. The first-order chi connectivity index (χ1) is 50.7. The molecule has 19 heteroatoms. The molecule has 0 aromatic carbocycles. The highest BCUT2D eigenvalue weighted by Gasteiger charge is 2.30. The summed E-state index contributed by atoms with van der Waals surface area (Å²) in [4.78, 5) is 73.1. The minimum absolute atomic E-state index is 0.0901. The smallest absolute Gasteiger partial charge is 0.462 e. The Balaban J connectivity index is 5.37. The van der Waals surface area contributed by atoms with E-state index in [1.54, 1.807) is 0 Å². The van der Waals surface area contributed by atoms with Gasteiger partial charge in [-0.1, -0.05) is 345 Å². The van der Waals surface area contributed by atoms with Crippen molar-refractivity contribution in [1.82, 2.24) is 0 Å². The minimum atomic E-state index is -4.98. The number of aliphatic hydroxyl groups is 1. The van der Waals surface area contributed by atoms with Crippen LogP contribution in [0.1, 0.15) is 400 Å². The van der Waals surface area contributed by atoms with Crippen molar-refractivity contribution in [2.45, 2.75) is 418 Å². The first-order valence-corrected chi connectivity index (χ1v) is 45.5. The second-order valence-electron chi connectivity index (χ2n) is 28.8. The van der Waals surface area contributed by atoms with Gasteiger partial charge in [-0.15, -0.1) is 0 Å². The van der Waals surface area contributed by atoms with Gasteiger partial charge in [0.1, 0.15) is 19.3 Å². The van der Waals surface area contributed by atoms with Gasteiger partial charge < -0.3 is 33.8 Å². The topological polar surface area (TPSA) is 237 Å². The third-order valence-electron chi connectivity index (χ3n) is 18.5. The van der Waals surface area contributed by atoms with E-state index in [1.165, 1.54) is 205 Å². The maximum absolute atomic E-state index is 13.1. The number of carbonyl (C=O) groups is 4. The quantitative estimate of drug-likeness (QED) is 0.0169. The minimum Gasteiger partial charge on any atom is -0.462 e. The molecule has 0 radical (unpaired) electrons. The summed E-state index contributed by atoms with van der Waals surface area (Å²) in [7, 11) is -9.96. The van der Waals surface area contributed by atoms with E-state index < -0.39 is 97.5 Å². The van der Waals surface area contributed by atoms with Crippen molar-refractivity contribution >= 4 is 39.5 Å². The van der Waals surface area contributed by atoms with Gasteiger partial charge in [-0.2, -0.15) is 0 Å². The fourth-order valence-corrected chi connectivity index (χ4v) is 13.6. The number of carbonyl (C=O) groups excluding carboxylic acids is 4. The van der Waals surface area contributed by atoms with E-state index in [4.69, 9.17) is 37.0 Å². The van der Waals surface area contributed by atoms with Crippen molar-refractivity contribution in [3.05, 3.63) is 60.8 Å². The van der Waals surface area contributed by atoms with Crippen LogP contribution in [0.4, 0.5) is 0 Å². The lowest BCUT2D eigenvalue weighted by atomic mass is 10.0. The number of rotatable bonds is 81. The van der Waals surface area contributed by atoms with Crippen molar-refractivity contribution in [3.63, 3.8) is 0 Å². The summed E-state index contributed by atoms with van der Waals surface area (Å²) >= 11 is 0. The number of allylic oxidation sites excluding steroid dienone is 10. The van der Waals surface area contributed by atoms with Crippen molar-refractivity contribution < 1.29 is 80.2 Å². The molecule has 0 saturated heterocycles. The molecule has 0 aliphatic rings. The maximum Gasteiger partial charge on any atom is 0.472 e. The Labute approximate surface area is 635 Å². The molecule has 0 aromatic rings. The Morgan fingerprint density at radius 1 is 0.269 bits per heavy atom. The lowest BCUT2D eigenvalue weighted by molar-refractivity contribution is -0.161. The molecule has 608 valence electrons. The number of hydrogen-bond donors (Lipinski definition) is 3. The first kappa shape index (κ1) is 101. The van der Waals surface area contributed by atoms with Crippen LogP contribution < -0.4 is 0 Å². The largest absolute Gasteiger partial charge is 0.472 e. The van der Waals surface area contributed by atoms with E-state index in [2.05, 4.69) is 76.3 Å². The number of phosphoric ester groups is 2. The summed E-state index contributed by atoms with van der Waals surface area (Å²) in [5.41, 5.74) is 0. The van der Waals surface area contributed by atoms with Crippen LogP contribution in [0.5, 0.6) is 0 Å². The Bertz CT molecular complexity index is 2200. The predicted molar refractivity (Wildman–Crippen MR) is 427 cm³/mol. The standard InChI is InChI=1S/C85H156O17P2/c1-5-9-13-17-21-25-29-33-37-39-43-46-50-54-58-62-66-70-83(88)96-76-81(102-85(90)72-68-64-60-56-52-48-44-40-38-34-30-26-22-18-14-10-6-2)78-100-104(93,94)98-74-79(86)73-97-103(91,92)99-77-80(101-84(89)71-67-63-59-55-51-47-42-36-32-28-24-20-16-12-8-4)75-95-82(87)69-65-61-57-53-49-45-41-35-31-27-23-19-15-11-7-3/h21,25,33,36-37,42-43,46,54,58,79-81,86H,5-20,22-24,26-32,34-35,38-41,44-45,47-53,55-57,59-78H2,1-4H3,(H,91,92)(H,93,94)/b25-21-,37-33-,42-36-,46-43-,58-54-/t79-,80-,81-/m1/s1. The first-order valence-electron chi connectivity index (χ1n) is 42.5. The molecule has 104 heavy (non-hydrogen) atoms. The molecule has 0 saturated carbocycles. The number of ether oxygens (including phenoxy) is 4. The molecule has 0 amide bonds. The zero-order chi connectivity index (χ0) is 76.0. The van der Waals surface area contributed by atoms with Crippen LogP contribution in [0.2, 0.25) is 0 Å². The van der Waals surface area contributed by atoms with Crippen LogP contribution in [0.3, 0.4) is 0 Å². The Kier molecular flexibility index (Phi) is 75.5. The van der Waals surface area contributed by atoms with Crippen LogP contribution in [0.15, 0.2) is 60.8 Å². The summed E-state index contributed by atoms with van der Waals surface area (Å²) in [6.07, 6.45) is 79.0. The van der Waals surface area contributed by atoms with Crippen LogP contribution in [0.25, 0.3) is 0 Å². The molecule has 0 aliphatic carbocycles. The van der Waals surface area contributed by atoms with Gasteiger partial charge in [-0.3, -0.25) is 37.3 Å². The maximum atomic E-state index is 13.1. The van der Waals surface area contributed by atoms with E-state index in [0.717, 1.165) is 109 Å². The van der Waals surface area contributed by atoms with Gasteiger partial charge in [0.2, 0.25) is 0 Å². The highest BCUT2D eigenvalue weighted by molar-refractivity contribution is 7.47. The second-order valence-corrected chi connectivity index (χ2v) is 31.7. The Morgan fingerprint density at radius 3 is 0.788 bits per heavy atom. The van der Waals surface area contributed by atoms with Gasteiger partial charge in [0.05, 0.1) is 26.4 Å². The third-order valence-corrected chi connectivity index (χ3v) is 20.4. The monoisotopic (exact) mass is 1510 g/mol. The molecular formula is C85H156O17P2. The number of unbranched alkanes of at least 4 members (excludes halogenated alkanes) is 45. The molecule has 0 rings (SSSR count).